The molecule has 0 aliphatic heterocycles. The van der Waals surface area contributed by atoms with Crippen LogP contribution in [-0.2, 0) is 0 Å². The van der Waals surface area contributed by atoms with Crippen molar-refractivity contribution in [3.05, 3.63) is 28.3 Å². The van der Waals surface area contributed by atoms with Crippen LogP contribution in [0.5, 0.6) is 5.75 Å². The first-order chi connectivity index (χ1) is 7.95. The highest BCUT2D eigenvalue weighted by Gasteiger charge is 2.11. The Morgan fingerprint density at radius 3 is 2.53 bits per heavy atom. The number of aliphatic hydroxyl groups excluding tert-OH is 1. The first kappa shape index (κ1) is 14.6. The zero-order valence-corrected chi connectivity index (χ0v) is 11.8. The first-order valence-corrected chi connectivity index (χ1v) is 6.53. The van der Waals surface area contributed by atoms with Crippen molar-refractivity contribution >= 4 is 23.2 Å². The minimum atomic E-state index is -0.644. The van der Waals surface area contributed by atoms with Gasteiger partial charge in [0.05, 0.1) is 5.88 Å². The van der Waals surface area contributed by atoms with Gasteiger partial charge in [-0.1, -0.05) is 25.4 Å². The summed E-state index contributed by atoms with van der Waals surface area (Å²) in [4.78, 5) is 0. The molecule has 0 aromatic heterocycles. The van der Waals surface area contributed by atoms with Gasteiger partial charge in [-0.2, -0.15) is 0 Å². The van der Waals surface area contributed by atoms with Gasteiger partial charge in [-0.25, -0.2) is 0 Å². The van der Waals surface area contributed by atoms with Gasteiger partial charge in [0.25, 0.3) is 0 Å². The van der Waals surface area contributed by atoms with E-state index in [-0.39, 0.29) is 12.5 Å². The molecule has 0 bridgehead atoms. The van der Waals surface area contributed by atoms with E-state index < -0.39 is 6.10 Å². The molecule has 1 atom stereocenters. The Balaban J connectivity index is 2.88. The van der Waals surface area contributed by atoms with Crippen LogP contribution in [0.2, 0.25) is 5.02 Å². The Bertz CT molecular complexity index is 378. The van der Waals surface area contributed by atoms with E-state index in [0.29, 0.717) is 5.92 Å². The zero-order valence-electron chi connectivity index (χ0n) is 10.3. The summed E-state index contributed by atoms with van der Waals surface area (Å²) in [6, 6.07) is 3.82. The van der Waals surface area contributed by atoms with Gasteiger partial charge in [0.2, 0.25) is 0 Å². The van der Waals surface area contributed by atoms with Gasteiger partial charge in [0, 0.05) is 5.02 Å². The Morgan fingerprint density at radius 2 is 2.00 bits per heavy atom. The Morgan fingerprint density at radius 1 is 1.35 bits per heavy atom. The maximum absolute atomic E-state index is 9.36. The highest BCUT2D eigenvalue weighted by molar-refractivity contribution is 6.31. The molecular weight excluding hydrogens is 259 g/mol. The largest absolute Gasteiger partial charge is 0.491 e. The lowest BCUT2D eigenvalue weighted by molar-refractivity contribution is 0.125. The van der Waals surface area contributed by atoms with Crippen LogP contribution >= 0.6 is 23.2 Å². The average molecular weight is 277 g/mol. The number of alkyl halides is 1. The molecule has 0 spiro atoms. The molecule has 0 radical (unpaired) electrons. The summed E-state index contributed by atoms with van der Waals surface area (Å²) in [6.07, 6.45) is -0.644. The number of hydrogen-bond donors (Lipinski definition) is 1. The maximum atomic E-state index is 9.36. The van der Waals surface area contributed by atoms with Gasteiger partial charge >= 0.3 is 0 Å². The molecule has 0 aliphatic rings. The molecular formula is C13H18Cl2O2. The summed E-state index contributed by atoms with van der Waals surface area (Å²) >= 11 is 11.7. The van der Waals surface area contributed by atoms with E-state index in [4.69, 9.17) is 27.9 Å². The topological polar surface area (TPSA) is 29.5 Å². The number of benzene rings is 1. The minimum Gasteiger partial charge on any atom is -0.491 e. The van der Waals surface area contributed by atoms with Gasteiger partial charge in [-0.15, -0.1) is 11.6 Å². The third-order valence-corrected chi connectivity index (χ3v) is 3.21. The van der Waals surface area contributed by atoms with Gasteiger partial charge in [-0.05, 0) is 36.1 Å². The second kappa shape index (κ2) is 6.48. The summed E-state index contributed by atoms with van der Waals surface area (Å²) in [5.41, 5.74) is 2.01. The van der Waals surface area contributed by atoms with Crippen LogP contribution in [0.4, 0.5) is 0 Å². The molecule has 1 rings (SSSR count). The number of rotatable bonds is 5. The summed E-state index contributed by atoms with van der Waals surface area (Å²) in [6.45, 7) is 6.28. The van der Waals surface area contributed by atoms with Crippen molar-refractivity contribution in [2.24, 2.45) is 0 Å². The molecule has 4 heteroatoms. The van der Waals surface area contributed by atoms with E-state index in [0.717, 1.165) is 21.9 Å². The number of halogens is 2. The molecule has 0 saturated carbocycles. The van der Waals surface area contributed by atoms with Crippen molar-refractivity contribution in [3.63, 3.8) is 0 Å². The predicted octanol–water partition coefficient (Wildman–Crippen LogP) is 3.75. The lowest BCUT2D eigenvalue weighted by Crippen LogP contribution is -2.19. The lowest BCUT2D eigenvalue weighted by atomic mass is 10.0. The smallest absolute Gasteiger partial charge is 0.122 e. The van der Waals surface area contributed by atoms with E-state index in [2.05, 4.69) is 13.8 Å². The molecule has 1 N–H and O–H groups in total. The van der Waals surface area contributed by atoms with Crippen molar-refractivity contribution in [3.8, 4) is 5.75 Å². The van der Waals surface area contributed by atoms with E-state index in [9.17, 15) is 5.11 Å². The molecule has 96 valence electrons. The fraction of sp³-hybridized carbons (Fsp3) is 0.538. The van der Waals surface area contributed by atoms with E-state index in [1.54, 1.807) is 0 Å². The quantitative estimate of drug-likeness (QED) is 0.830. The second-order valence-electron chi connectivity index (χ2n) is 4.41. The van der Waals surface area contributed by atoms with Crippen molar-refractivity contribution in [2.45, 2.75) is 32.8 Å². The molecule has 2 nitrogen and oxygen atoms in total. The van der Waals surface area contributed by atoms with Gasteiger partial charge in [0.1, 0.15) is 18.5 Å². The van der Waals surface area contributed by atoms with Gasteiger partial charge in [-0.3, -0.25) is 0 Å². The maximum Gasteiger partial charge on any atom is 0.122 e. The number of aliphatic hydroxyl groups is 1. The third-order valence-electron chi connectivity index (χ3n) is 2.53. The molecule has 1 unspecified atom stereocenters. The molecule has 0 amide bonds. The van der Waals surface area contributed by atoms with Crippen molar-refractivity contribution in [1.29, 1.82) is 0 Å². The zero-order chi connectivity index (χ0) is 13.0. The van der Waals surface area contributed by atoms with Crippen LogP contribution in [0.15, 0.2) is 12.1 Å². The van der Waals surface area contributed by atoms with E-state index >= 15 is 0 Å². The molecule has 17 heavy (non-hydrogen) atoms. The Labute approximate surface area is 113 Å². The molecule has 1 aromatic carbocycles. The molecule has 0 saturated heterocycles. The number of aryl methyl sites for hydroxylation is 1. The minimum absolute atomic E-state index is 0.170. The average Bonchev–Trinajstić information content (AvgIpc) is 2.26. The summed E-state index contributed by atoms with van der Waals surface area (Å²) in [7, 11) is 0. The second-order valence-corrected chi connectivity index (χ2v) is 5.13. The van der Waals surface area contributed by atoms with Crippen LogP contribution in [0.3, 0.4) is 0 Å². The fourth-order valence-corrected chi connectivity index (χ4v) is 2.02. The molecule has 0 heterocycles. The number of ether oxygens (including phenoxy) is 1. The van der Waals surface area contributed by atoms with Crippen molar-refractivity contribution < 1.29 is 9.84 Å². The number of hydrogen-bond acceptors (Lipinski definition) is 2. The Hall–Kier alpha value is -0.440. The third kappa shape index (κ3) is 4.06. The fourth-order valence-electron chi connectivity index (χ4n) is 1.50. The van der Waals surface area contributed by atoms with Gasteiger partial charge < -0.3 is 9.84 Å². The summed E-state index contributed by atoms with van der Waals surface area (Å²) in [5, 5.41) is 10.1. The lowest BCUT2D eigenvalue weighted by Gasteiger charge is -2.16. The highest BCUT2D eigenvalue weighted by Crippen LogP contribution is 2.31. The van der Waals surface area contributed by atoms with E-state index in [1.165, 1.54) is 0 Å². The summed E-state index contributed by atoms with van der Waals surface area (Å²) in [5.74, 6) is 1.26. The van der Waals surface area contributed by atoms with E-state index in [1.807, 2.05) is 19.1 Å². The monoisotopic (exact) mass is 276 g/mol. The van der Waals surface area contributed by atoms with Crippen LogP contribution in [0, 0.1) is 6.92 Å². The van der Waals surface area contributed by atoms with Crippen molar-refractivity contribution in [1.82, 2.24) is 0 Å². The van der Waals surface area contributed by atoms with Crippen LogP contribution in [-0.4, -0.2) is 23.7 Å². The summed E-state index contributed by atoms with van der Waals surface area (Å²) < 4.78 is 5.54. The normalized spacial score (nSPS) is 12.9. The van der Waals surface area contributed by atoms with Gasteiger partial charge in [0.15, 0.2) is 0 Å². The van der Waals surface area contributed by atoms with Crippen LogP contribution in [0.1, 0.15) is 30.9 Å². The molecule has 0 aliphatic carbocycles. The Kier molecular flexibility index (Phi) is 5.57. The van der Waals surface area contributed by atoms with Crippen LogP contribution in [0.25, 0.3) is 0 Å². The van der Waals surface area contributed by atoms with Crippen molar-refractivity contribution in [2.75, 3.05) is 12.5 Å². The predicted molar refractivity (Wildman–Crippen MR) is 72.5 cm³/mol. The first-order valence-electron chi connectivity index (χ1n) is 5.62. The SMILES string of the molecule is Cc1cc(Cl)c(C(C)C)cc1OCC(O)CCl. The highest BCUT2D eigenvalue weighted by atomic mass is 35.5. The molecule has 0 fully saturated rings. The molecule has 1 aromatic rings. The van der Waals surface area contributed by atoms with Crippen LogP contribution < -0.4 is 4.74 Å². The standard InChI is InChI=1S/C13H18Cl2O2/c1-8(2)11-5-13(9(3)4-12(11)15)17-7-10(16)6-14/h4-5,8,10,16H,6-7H2,1-3H3.